The van der Waals surface area contributed by atoms with Crippen molar-refractivity contribution >= 4 is 5.91 Å². The molecular formula is C13H17F3N2O3. The monoisotopic (exact) mass is 306 g/mol. The van der Waals surface area contributed by atoms with Gasteiger partial charge in [0, 0.05) is 20.2 Å². The van der Waals surface area contributed by atoms with Gasteiger partial charge in [0.15, 0.2) is 17.4 Å². The molecule has 0 saturated carbocycles. The number of nitrogens with two attached hydrogens (primary N) is 1. The number of benzene rings is 1. The van der Waals surface area contributed by atoms with Gasteiger partial charge in [0.2, 0.25) is 5.82 Å². The Morgan fingerprint density at radius 2 is 2.00 bits per heavy atom. The maximum absolute atomic E-state index is 13.7. The molecule has 0 aromatic heterocycles. The second kappa shape index (κ2) is 7.84. The fourth-order valence-corrected chi connectivity index (χ4v) is 1.71. The van der Waals surface area contributed by atoms with E-state index in [0.717, 1.165) is 0 Å². The van der Waals surface area contributed by atoms with Gasteiger partial charge in [0.1, 0.15) is 0 Å². The molecule has 0 bridgehead atoms. The number of carbonyl (C=O) groups excluding carboxylic acids is 1. The zero-order chi connectivity index (χ0) is 16.0. The number of rotatable bonds is 7. The molecule has 1 aromatic carbocycles. The Labute approximate surface area is 120 Å². The number of ether oxygens (including phenoxy) is 1. The SMILES string of the molecule is COCCN(CCCN)C(=O)c1cc(F)c(F)c(O)c1F. The number of hydrogen-bond acceptors (Lipinski definition) is 4. The van der Waals surface area contributed by atoms with Crippen molar-refractivity contribution in [3.05, 3.63) is 29.1 Å². The molecule has 5 nitrogen and oxygen atoms in total. The van der Waals surface area contributed by atoms with Crippen molar-refractivity contribution in [2.24, 2.45) is 5.73 Å². The Morgan fingerprint density at radius 3 is 2.57 bits per heavy atom. The standard InChI is InChI=1S/C13H17F3N2O3/c1-21-6-5-18(4-2-3-17)13(20)8-7-9(14)11(16)12(19)10(8)15/h7,19H,2-6,17H2,1H3. The Balaban J connectivity index is 3.08. The average molecular weight is 306 g/mol. The van der Waals surface area contributed by atoms with Gasteiger partial charge in [-0.2, -0.15) is 4.39 Å². The highest BCUT2D eigenvalue weighted by atomic mass is 19.2. The molecule has 0 atom stereocenters. The van der Waals surface area contributed by atoms with Gasteiger partial charge in [-0.15, -0.1) is 0 Å². The quantitative estimate of drug-likeness (QED) is 0.743. The molecule has 1 rings (SSSR count). The highest BCUT2D eigenvalue weighted by molar-refractivity contribution is 5.95. The minimum atomic E-state index is -1.73. The van der Waals surface area contributed by atoms with Crippen LogP contribution in [0.5, 0.6) is 5.75 Å². The molecular weight excluding hydrogens is 289 g/mol. The molecule has 1 aromatic rings. The van der Waals surface area contributed by atoms with Gasteiger partial charge >= 0.3 is 0 Å². The minimum absolute atomic E-state index is 0.133. The first-order valence-electron chi connectivity index (χ1n) is 6.28. The van der Waals surface area contributed by atoms with Crippen molar-refractivity contribution in [2.75, 3.05) is 33.4 Å². The summed E-state index contributed by atoms with van der Waals surface area (Å²) in [4.78, 5) is 13.4. The fraction of sp³-hybridized carbons (Fsp3) is 0.462. The number of halogens is 3. The number of methoxy groups -OCH3 is 1. The third-order valence-corrected chi connectivity index (χ3v) is 2.85. The van der Waals surface area contributed by atoms with Crippen LogP contribution in [0, 0.1) is 17.5 Å². The van der Waals surface area contributed by atoms with E-state index in [0.29, 0.717) is 19.0 Å². The lowest BCUT2D eigenvalue weighted by Gasteiger charge is -2.22. The van der Waals surface area contributed by atoms with E-state index < -0.39 is 34.7 Å². The molecule has 8 heteroatoms. The van der Waals surface area contributed by atoms with Crippen LogP contribution < -0.4 is 5.73 Å². The molecule has 0 unspecified atom stereocenters. The first-order valence-corrected chi connectivity index (χ1v) is 6.28. The van der Waals surface area contributed by atoms with E-state index in [2.05, 4.69) is 0 Å². The van der Waals surface area contributed by atoms with Crippen LogP contribution >= 0.6 is 0 Å². The Bertz CT molecular complexity index is 504. The second-order valence-electron chi connectivity index (χ2n) is 4.31. The van der Waals surface area contributed by atoms with Crippen LogP contribution in [0.1, 0.15) is 16.8 Å². The first-order chi connectivity index (χ1) is 9.93. The van der Waals surface area contributed by atoms with Crippen molar-refractivity contribution in [3.63, 3.8) is 0 Å². The number of aromatic hydroxyl groups is 1. The van der Waals surface area contributed by atoms with Gasteiger partial charge in [-0.1, -0.05) is 0 Å². The summed E-state index contributed by atoms with van der Waals surface area (Å²) >= 11 is 0. The molecule has 0 spiro atoms. The van der Waals surface area contributed by atoms with E-state index in [1.54, 1.807) is 0 Å². The molecule has 1 amide bonds. The lowest BCUT2D eigenvalue weighted by Crippen LogP contribution is -2.36. The van der Waals surface area contributed by atoms with Crippen LogP contribution in [-0.2, 0) is 4.74 Å². The molecule has 0 aliphatic heterocycles. The maximum atomic E-state index is 13.7. The summed E-state index contributed by atoms with van der Waals surface area (Å²) in [5, 5.41) is 9.15. The topological polar surface area (TPSA) is 75.8 Å². The summed E-state index contributed by atoms with van der Waals surface area (Å²) in [5.74, 6) is -7.10. The molecule has 0 saturated heterocycles. The van der Waals surface area contributed by atoms with Gasteiger partial charge in [-0.25, -0.2) is 8.78 Å². The molecule has 0 heterocycles. The summed E-state index contributed by atoms with van der Waals surface area (Å²) in [6.45, 7) is 0.836. The summed E-state index contributed by atoms with van der Waals surface area (Å²) < 4.78 is 44.8. The van der Waals surface area contributed by atoms with Gasteiger partial charge in [-0.3, -0.25) is 4.79 Å². The van der Waals surface area contributed by atoms with E-state index in [1.165, 1.54) is 12.0 Å². The third-order valence-electron chi connectivity index (χ3n) is 2.85. The Hall–Kier alpha value is -1.80. The number of amides is 1. The summed E-state index contributed by atoms with van der Waals surface area (Å²) in [6.07, 6.45) is 0.451. The van der Waals surface area contributed by atoms with Crippen LogP contribution in [0.3, 0.4) is 0 Å². The summed E-state index contributed by atoms with van der Waals surface area (Å²) in [6, 6.07) is 0.426. The summed E-state index contributed by atoms with van der Waals surface area (Å²) in [7, 11) is 1.43. The van der Waals surface area contributed by atoms with Crippen molar-refractivity contribution in [1.29, 1.82) is 0 Å². The van der Waals surface area contributed by atoms with E-state index in [-0.39, 0.29) is 19.7 Å². The molecule has 0 fully saturated rings. The van der Waals surface area contributed by atoms with Gasteiger partial charge in [0.05, 0.1) is 12.2 Å². The lowest BCUT2D eigenvalue weighted by atomic mass is 10.1. The van der Waals surface area contributed by atoms with E-state index in [4.69, 9.17) is 15.6 Å². The average Bonchev–Trinajstić information content (AvgIpc) is 2.48. The first kappa shape index (κ1) is 17.3. The Kier molecular flexibility index (Phi) is 6.44. The molecule has 3 N–H and O–H groups in total. The molecule has 0 aliphatic rings. The molecule has 0 aliphatic carbocycles. The van der Waals surface area contributed by atoms with Crippen LogP contribution in [0.4, 0.5) is 13.2 Å². The van der Waals surface area contributed by atoms with Crippen molar-refractivity contribution in [2.45, 2.75) is 6.42 Å². The highest BCUT2D eigenvalue weighted by Crippen LogP contribution is 2.26. The van der Waals surface area contributed by atoms with E-state index in [1.807, 2.05) is 0 Å². The normalized spacial score (nSPS) is 10.7. The predicted octanol–water partition coefficient (Wildman–Crippen LogP) is 1.25. The van der Waals surface area contributed by atoms with Gasteiger partial charge < -0.3 is 20.5 Å². The zero-order valence-corrected chi connectivity index (χ0v) is 11.5. The smallest absolute Gasteiger partial charge is 0.257 e. The van der Waals surface area contributed by atoms with Crippen molar-refractivity contribution < 1.29 is 27.8 Å². The maximum Gasteiger partial charge on any atom is 0.257 e. The van der Waals surface area contributed by atoms with Crippen molar-refractivity contribution in [3.8, 4) is 5.75 Å². The van der Waals surface area contributed by atoms with E-state index >= 15 is 0 Å². The number of nitrogens with zero attached hydrogens (tertiary/aromatic N) is 1. The highest BCUT2D eigenvalue weighted by Gasteiger charge is 2.25. The number of hydrogen-bond donors (Lipinski definition) is 2. The van der Waals surface area contributed by atoms with Crippen molar-refractivity contribution in [1.82, 2.24) is 4.90 Å². The molecule has 118 valence electrons. The number of phenols is 1. The zero-order valence-electron chi connectivity index (χ0n) is 11.5. The predicted molar refractivity (Wildman–Crippen MR) is 69.4 cm³/mol. The van der Waals surface area contributed by atoms with Crippen LogP contribution in [0.2, 0.25) is 0 Å². The lowest BCUT2D eigenvalue weighted by molar-refractivity contribution is 0.0688. The number of carbonyl (C=O) groups is 1. The fourth-order valence-electron chi connectivity index (χ4n) is 1.71. The minimum Gasteiger partial charge on any atom is -0.503 e. The second-order valence-corrected chi connectivity index (χ2v) is 4.31. The summed E-state index contributed by atoms with van der Waals surface area (Å²) in [5.41, 5.74) is 4.61. The molecule has 0 radical (unpaired) electrons. The number of phenolic OH excluding ortho intramolecular Hbond substituents is 1. The van der Waals surface area contributed by atoms with Crippen LogP contribution in [0.25, 0.3) is 0 Å². The van der Waals surface area contributed by atoms with E-state index in [9.17, 15) is 18.0 Å². The van der Waals surface area contributed by atoms with Gasteiger partial charge in [-0.05, 0) is 19.0 Å². The molecule has 21 heavy (non-hydrogen) atoms. The van der Waals surface area contributed by atoms with Crippen LogP contribution in [-0.4, -0.2) is 49.3 Å². The Morgan fingerprint density at radius 1 is 1.33 bits per heavy atom. The largest absolute Gasteiger partial charge is 0.503 e. The van der Waals surface area contributed by atoms with Gasteiger partial charge in [0.25, 0.3) is 5.91 Å². The van der Waals surface area contributed by atoms with Crippen LogP contribution in [0.15, 0.2) is 6.07 Å². The third kappa shape index (κ3) is 4.08.